The summed E-state index contributed by atoms with van der Waals surface area (Å²) in [7, 11) is 0. The highest BCUT2D eigenvalue weighted by molar-refractivity contribution is 5.80. The summed E-state index contributed by atoms with van der Waals surface area (Å²) >= 11 is 0. The first-order valence-corrected chi connectivity index (χ1v) is 6.45. The van der Waals surface area contributed by atoms with Crippen LogP contribution in [0.15, 0.2) is 0 Å². The summed E-state index contributed by atoms with van der Waals surface area (Å²) in [6, 6.07) is 0.389. The molecule has 0 aromatic heterocycles. The van der Waals surface area contributed by atoms with E-state index in [1.807, 2.05) is 0 Å². The van der Waals surface area contributed by atoms with E-state index in [0.29, 0.717) is 11.9 Å². The summed E-state index contributed by atoms with van der Waals surface area (Å²) in [5.74, 6) is 0.542. The Labute approximate surface area is 97.0 Å². The van der Waals surface area contributed by atoms with Gasteiger partial charge in [0.25, 0.3) is 0 Å². The molecule has 2 N–H and O–H groups in total. The predicted molar refractivity (Wildman–Crippen MR) is 62.0 cm³/mol. The van der Waals surface area contributed by atoms with Gasteiger partial charge in [0.15, 0.2) is 0 Å². The minimum Gasteiger partial charge on any atom is -0.396 e. The number of nitrogens with zero attached hydrogens (tertiary/aromatic N) is 1. The minimum absolute atomic E-state index is 0.203. The molecule has 1 amide bonds. The van der Waals surface area contributed by atoms with E-state index in [1.165, 1.54) is 0 Å². The standard InChI is InChI=1S/C12H22N2O2/c15-8-2-4-11-3-1-7-14(11)12(16)10-5-6-13-9-10/h10-11,13,15H,1-9H2. The van der Waals surface area contributed by atoms with Gasteiger partial charge in [-0.15, -0.1) is 0 Å². The van der Waals surface area contributed by atoms with E-state index in [9.17, 15) is 4.79 Å². The Bertz CT molecular complexity index is 239. The molecule has 2 atom stereocenters. The molecule has 0 radical (unpaired) electrons. The quantitative estimate of drug-likeness (QED) is 0.728. The topological polar surface area (TPSA) is 52.6 Å². The van der Waals surface area contributed by atoms with E-state index in [4.69, 9.17) is 5.11 Å². The number of hydrogen-bond acceptors (Lipinski definition) is 3. The second-order valence-electron chi connectivity index (χ2n) is 4.88. The first kappa shape index (κ1) is 11.9. The van der Waals surface area contributed by atoms with Crippen molar-refractivity contribution in [3.63, 3.8) is 0 Å². The molecule has 0 aliphatic carbocycles. The second-order valence-corrected chi connectivity index (χ2v) is 4.88. The fourth-order valence-electron chi connectivity index (χ4n) is 2.85. The molecule has 0 aromatic rings. The van der Waals surface area contributed by atoms with Gasteiger partial charge in [0, 0.05) is 25.7 Å². The van der Waals surface area contributed by atoms with Crippen molar-refractivity contribution in [1.82, 2.24) is 10.2 Å². The molecule has 2 unspecified atom stereocenters. The van der Waals surface area contributed by atoms with Crippen molar-refractivity contribution in [3.05, 3.63) is 0 Å². The number of aliphatic hydroxyl groups excluding tert-OH is 1. The van der Waals surface area contributed by atoms with Gasteiger partial charge < -0.3 is 15.3 Å². The van der Waals surface area contributed by atoms with Crippen molar-refractivity contribution in [2.75, 3.05) is 26.2 Å². The van der Waals surface area contributed by atoms with Crippen LogP contribution < -0.4 is 5.32 Å². The number of amides is 1. The molecule has 2 rings (SSSR count). The summed E-state index contributed by atoms with van der Waals surface area (Å²) in [6.45, 7) is 2.99. The zero-order valence-corrected chi connectivity index (χ0v) is 9.82. The fraction of sp³-hybridized carbons (Fsp3) is 0.917. The van der Waals surface area contributed by atoms with Crippen LogP contribution >= 0.6 is 0 Å². The lowest BCUT2D eigenvalue weighted by Gasteiger charge is -2.27. The molecular weight excluding hydrogens is 204 g/mol. The number of aliphatic hydroxyl groups is 1. The molecule has 2 aliphatic rings. The van der Waals surface area contributed by atoms with E-state index in [1.54, 1.807) is 0 Å². The van der Waals surface area contributed by atoms with Gasteiger partial charge in [-0.05, 0) is 38.6 Å². The lowest BCUT2D eigenvalue weighted by atomic mass is 10.0. The predicted octanol–water partition coefficient (Wildman–Crippen LogP) is 0.359. The molecule has 2 saturated heterocycles. The van der Waals surface area contributed by atoms with Gasteiger partial charge in [-0.2, -0.15) is 0 Å². The Hall–Kier alpha value is -0.610. The average Bonchev–Trinajstić information content (AvgIpc) is 2.96. The normalized spacial score (nSPS) is 29.9. The number of carbonyl (C=O) groups is 1. The summed E-state index contributed by atoms with van der Waals surface area (Å²) in [5, 5.41) is 12.1. The van der Waals surface area contributed by atoms with Crippen LogP contribution in [0.5, 0.6) is 0 Å². The Morgan fingerprint density at radius 1 is 1.44 bits per heavy atom. The van der Waals surface area contributed by atoms with Gasteiger partial charge in [0.2, 0.25) is 5.91 Å². The molecule has 92 valence electrons. The number of hydrogen-bond donors (Lipinski definition) is 2. The van der Waals surface area contributed by atoms with Crippen LogP contribution in [-0.2, 0) is 4.79 Å². The molecule has 4 nitrogen and oxygen atoms in total. The third kappa shape index (κ3) is 2.55. The maximum absolute atomic E-state index is 12.2. The minimum atomic E-state index is 0.203. The lowest BCUT2D eigenvalue weighted by Crippen LogP contribution is -2.40. The van der Waals surface area contributed by atoms with E-state index in [2.05, 4.69) is 10.2 Å². The number of rotatable bonds is 4. The second kappa shape index (κ2) is 5.64. The van der Waals surface area contributed by atoms with Gasteiger partial charge in [0.05, 0.1) is 5.92 Å². The number of likely N-dealkylation sites (tertiary alicyclic amines) is 1. The van der Waals surface area contributed by atoms with Crippen molar-refractivity contribution in [3.8, 4) is 0 Å². The third-order valence-corrected chi connectivity index (χ3v) is 3.77. The number of carbonyl (C=O) groups excluding carboxylic acids is 1. The Morgan fingerprint density at radius 2 is 2.31 bits per heavy atom. The summed E-state index contributed by atoms with van der Waals surface area (Å²) in [5.41, 5.74) is 0. The van der Waals surface area contributed by atoms with Crippen molar-refractivity contribution in [2.24, 2.45) is 5.92 Å². The molecule has 0 saturated carbocycles. The van der Waals surface area contributed by atoms with Crippen molar-refractivity contribution < 1.29 is 9.90 Å². The number of nitrogens with one attached hydrogen (secondary N) is 1. The smallest absolute Gasteiger partial charge is 0.227 e. The highest BCUT2D eigenvalue weighted by Crippen LogP contribution is 2.24. The summed E-state index contributed by atoms with van der Waals surface area (Å²) in [6.07, 6.45) is 5.01. The zero-order valence-electron chi connectivity index (χ0n) is 9.82. The van der Waals surface area contributed by atoms with Gasteiger partial charge in [0.1, 0.15) is 0 Å². The fourth-order valence-corrected chi connectivity index (χ4v) is 2.85. The first-order chi connectivity index (χ1) is 7.83. The van der Waals surface area contributed by atoms with Crippen LogP contribution in [0.3, 0.4) is 0 Å². The Kier molecular flexibility index (Phi) is 4.18. The van der Waals surface area contributed by atoms with E-state index in [-0.39, 0.29) is 12.5 Å². The van der Waals surface area contributed by atoms with Crippen molar-refractivity contribution in [2.45, 2.75) is 38.1 Å². The van der Waals surface area contributed by atoms with Gasteiger partial charge in [-0.25, -0.2) is 0 Å². The maximum atomic E-state index is 12.2. The van der Waals surface area contributed by atoms with E-state index < -0.39 is 0 Å². The third-order valence-electron chi connectivity index (χ3n) is 3.77. The van der Waals surface area contributed by atoms with Gasteiger partial charge in [-0.1, -0.05) is 0 Å². The van der Waals surface area contributed by atoms with Crippen LogP contribution in [0.1, 0.15) is 32.1 Å². The molecule has 16 heavy (non-hydrogen) atoms. The summed E-state index contributed by atoms with van der Waals surface area (Å²) < 4.78 is 0. The highest BCUT2D eigenvalue weighted by atomic mass is 16.3. The van der Waals surface area contributed by atoms with Gasteiger partial charge in [-0.3, -0.25) is 4.79 Å². The van der Waals surface area contributed by atoms with Crippen molar-refractivity contribution >= 4 is 5.91 Å². The average molecular weight is 226 g/mol. The molecule has 0 bridgehead atoms. The largest absolute Gasteiger partial charge is 0.396 e. The summed E-state index contributed by atoms with van der Waals surface area (Å²) in [4.78, 5) is 14.3. The zero-order chi connectivity index (χ0) is 11.4. The molecule has 2 aliphatic heterocycles. The molecule has 2 heterocycles. The van der Waals surface area contributed by atoms with Crippen LogP contribution in [0, 0.1) is 5.92 Å². The van der Waals surface area contributed by atoms with Crippen LogP contribution in [-0.4, -0.2) is 48.2 Å². The molecule has 4 heteroatoms. The van der Waals surface area contributed by atoms with Crippen LogP contribution in [0.4, 0.5) is 0 Å². The maximum Gasteiger partial charge on any atom is 0.227 e. The van der Waals surface area contributed by atoms with Crippen LogP contribution in [0.2, 0.25) is 0 Å². The van der Waals surface area contributed by atoms with Gasteiger partial charge >= 0.3 is 0 Å². The molecule has 0 aromatic carbocycles. The van der Waals surface area contributed by atoms with Crippen LogP contribution in [0.25, 0.3) is 0 Å². The van der Waals surface area contributed by atoms with E-state index >= 15 is 0 Å². The SMILES string of the molecule is O=C(C1CCNC1)N1CCCC1CCCO. The van der Waals surface area contributed by atoms with Crippen molar-refractivity contribution in [1.29, 1.82) is 0 Å². The highest BCUT2D eigenvalue weighted by Gasteiger charge is 2.33. The lowest BCUT2D eigenvalue weighted by molar-refractivity contribution is -0.135. The molecule has 0 spiro atoms. The molecular formula is C12H22N2O2. The Balaban J connectivity index is 1.88. The first-order valence-electron chi connectivity index (χ1n) is 6.45. The van der Waals surface area contributed by atoms with E-state index in [0.717, 1.165) is 51.7 Å². The molecule has 2 fully saturated rings. The Morgan fingerprint density at radius 3 is 3.00 bits per heavy atom. The monoisotopic (exact) mass is 226 g/mol.